The van der Waals surface area contributed by atoms with Crippen LogP contribution in [0, 0.1) is 0 Å². The molecule has 0 atom stereocenters. The molecule has 0 aliphatic carbocycles. The van der Waals surface area contributed by atoms with E-state index in [4.69, 9.17) is 21.1 Å². The SMILES string of the molecule is COc1cc(/C=N/NC(=O)c2ccccc2)ccc1OCC(=O)Nc1ccccc1Cl. The van der Waals surface area contributed by atoms with Gasteiger partial charge in [0.2, 0.25) is 0 Å². The molecule has 0 aliphatic rings. The number of carbonyl (C=O) groups is 2. The number of anilines is 1. The third-order valence-electron chi connectivity index (χ3n) is 4.11. The molecule has 7 nitrogen and oxygen atoms in total. The lowest BCUT2D eigenvalue weighted by Crippen LogP contribution is -2.20. The van der Waals surface area contributed by atoms with E-state index in [2.05, 4.69) is 15.8 Å². The van der Waals surface area contributed by atoms with Gasteiger partial charge in [-0.05, 0) is 48.0 Å². The zero-order valence-electron chi connectivity index (χ0n) is 16.7. The van der Waals surface area contributed by atoms with Crippen molar-refractivity contribution in [2.75, 3.05) is 19.0 Å². The van der Waals surface area contributed by atoms with Gasteiger partial charge >= 0.3 is 0 Å². The van der Waals surface area contributed by atoms with Crippen LogP contribution in [0.3, 0.4) is 0 Å². The number of amides is 2. The van der Waals surface area contributed by atoms with Crippen LogP contribution >= 0.6 is 11.6 Å². The van der Waals surface area contributed by atoms with Crippen LogP contribution < -0.4 is 20.2 Å². The Bertz CT molecular complexity index is 1090. The molecule has 0 aliphatic heterocycles. The van der Waals surface area contributed by atoms with Gasteiger partial charge in [-0.2, -0.15) is 5.10 Å². The molecule has 2 amide bonds. The molecule has 31 heavy (non-hydrogen) atoms. The first-order chi connectivity index (χ1) is 15.1. The van der Waals surface area contributed by atoms with Crippen molar-refractivity contribution < 1.29 is 19.1 Å². The number of halogens is 1. The zero-order valence-corrected chi connectivity index (χ0v) is 17.4. The summed E-state index contributed by atoms with van der Waals surface area (Å²) in [5.74, 6) is 0.142. The van der Waals surface area contributed by atoms with Crippen molar-refractivity contribution in [3.8, 4) is 11.5 Å². The van der Waals surface area contributed by atoms with Gasteiger partial charge in [-0.3, -0.25) is 9.59 Å². The number of benzene rings is 3. The molecule has 8 heteroatoms. The van der Waals surface area contributed by atoms with Crippen LogP contribution in [-0.2, 0) is 4.79 Å². The van der Waals surface area contributed by atoms with Gasteiger partial charge in [0.05, 0.1) is 24.0 Å². The molecule has 3 aromatic rings. The molecular weight excluding hydrogens is 418 g/mol. The minimum atomic E-state index is -0.357. The molecule has 0 aromatic heterocycles. The molecule has 0 fully saturated rings. The molecule has 0 spiro atoms. The van der Waals surface area contributed by atoms with Crippen LogP contribution in [0.4, 0.5) is 5.69 Å². The zero-order chi connectivity index (χ0) is 22.1. The van der Waals surface area contributed by atoms with Crippen LogP contribution in [-0.4, -0.2) is 31.7 Å². The second-order valence-electron chi connectivity index (χ2n) is 6.29. The first-order valence-electron chi connectivity index (χ1n) is 9.30. The van der Waals surface area contributed by atoms with Gasteiger partial charge in [0.25, 0.3) is 11.8 Å². The van der Waals surface area contributed by atoms with Gasteiger partial charge in [0.15, 0.2) is 18.1 Å². The maximum absolute atomic E-state index is 12.1. The molecule has 3 aromatic carbocycles. The van der Waals surface area contributed by atoms with Crippen molar-refractivity contribution in [1.82, 2.24) is 5.43 Å². The molecule has 0 saturated heterocycles. The Morgan fingerprint density at radius 2 is 1.74 bits per heavy atom. The van der Waals surface area contributed by atoms with E-state index < -0.39 is 0 Å². The molecule has 158 valence electrons. The van der Waals surface area contributed by atoms with E-state index in [0.717, 1.165) is 0 Å². The Labute approximate surface area is 184 Å². The number of para-hydroxylation sites is 1. The molecule has 2 N–H and O–H groups in total. The number of rotatable bonds is 8. The summed E-state index contributed by atoms with van der Waals surface area (Å²) in [6.07, 6.45) is 1.48. The Hall–Kier alpha value is -3.84. The fourth-order valence-electron chi connectivity index (χ4n) is 2.60. The number of hydrazone groups is 1. The maximum atomic E-state index is 12.1. The number of nitrogens with one attached hydrogen (secondary N) is 2. The summed E-state index contributed by atoms with van der Waals surface area (Å²) in [4.78, 5) is 24.1. The minimum Gasteiger partial charge on any atom is -0.493 e. The van der Waals surface area contributed by atoms with E-state index in [1.807, 2.05) is 6.07 Å². The highest BCUT2D eigenvalue weighted by molar-refractivity contribution is 6.33. The molecule has 0 heterocycles. The predicted molar refractivity (Wildman–Crippen MR) is 120 cm³/mol. The second-order valence-corrected chi connectivity index (χ2v) is 6.70. The topological polar surface area (TPSA) is 89.0 Å². The van der Waals surface area contributed by atoms with Crippen LogP contribution in [0.1, 0.15) is 15.9 Å². The number of hydrogen-bond donors (Lipinski definition) is 2. The predicted octanol–water partition coefficient (Wildman–Crippen LogP) is 4.13. The Morgan fingerprint density at radius 3 is 2.48 bits per heavy atom. The van der Waals surface area contributed by atoms with Crippen molar-refractivity contribution in [2.24, 2.45) is 5.10 Å². The van der Waals surface area contributed by atoms with Gasteiger partial charge in [0.1, 0.15) is 0 Å². The first kappa shape index (κ1) is 21.9. The molecule has 0 saturated carbocycles. The van der Waals surface area contributed by atoms with Gasteiger partial charge < -0.3 is 14.8 Å². The summed E-state index contributed by atoms with van der Waals surface area (Å²) in [7, 11) is 1.49. The highest BCUT2D eigenvalue weighted by Crippen LogP contribution is 2.27. The smallest absolute Gasteiger partial charge is 0.271 e. The lowest BCUT2D eigenvalue weighted by Gasteiger charge is -2.12. The van der Waals surface area contributed by atoms with Gasteiger partial charge in [-0.1, -0.05) is 41.9 Å². The summed E-state index contributed by atoms with van der Waals surface area (Å²) < 4.78 is 10.9. The van der Waals surface area contributed by atoms with E-state index in [0.29, 0.717) is 33.3 Å². The highest BCUT2D eigenvalue weighted by atomic mass is 35.5. The number of nitrogens with zero attached hydrogens (tertiary/aromatic N) is 1. The fraction of sp³-hybridized carbons (Fsp3) is 0.0870. The number of ether oxygens (including phenoxy) is 2. The second kappa shape index (κ2) is 10.8. The fourth-order valence-corrected chi connectivity index (χ4v) is 2.78. The summed E-state index contributed by atoms with van der Waals surface area (Å²) in [6, 6.07) is 20.8. The normalized spacial score (nSPS) is 10.5. The van der Waals surface area contributed by atoms with Crippen LogP contribution in [0.2, 0.25) is 5.02 Å². The quantitative estimate of drug-likeness (QED) is 0.409. The minimum absolute atomic E-state index is 0.220. The lowest BCUT2D eigenvalue weighted by molar-refractivity contribution is -0.118. The number of carbonyl (C=O) groups excluding carboxylic acids is 2. The van der Waals surface area contributed by atoms with Gasteiger partial charge in [0, 0.05) is 5.56 Å². The van der Waals surface area contributed by atoms with Crippen molar-refractivity contribution in [3.63, 3.8) is 0 Å². The van der Waals surface area contributed by atoms with Gasteiger partial charge in [-0.25, -0.2) is 5.43 Å². The summed E-state index contributed by atoms with van der Waals surface area (Å²) in [5.41, 5.74) is 4.16. The van der Waals surface area contributed by atoms with Crippen molar-refractivity contribution >= 4 is 35.3 Å². The monoisotopic (exact) mass is 437 g/mol. The van der Waals surface area contributed by atoms with E-state index in [9.17, 15) is 9.59 Å². The molecule has 0 bridgehead atoms. The summed E-state index contributed by atoms with van der Waals surface area (Å²) >= 11 is 6.03. The number of hydrogen-bond acceptors (Lipinski definition) is 5. The third kappa shape index (κ3) is 6.32. The van der Waals surface area contributed by atoms with Crippen LogP contribution in [0.25, 0.3) is 0 Å². The third-order valence-corrected chi connectivity index (χ3v) is 4.44. The molecule has 0 unspecified atom stereocenters. The average Bonchev–Trinajstić information content (AvgIpc) is 2.80. The average molecular weight is 438 g/mol. The standard InChI is InChI=1S/C23H20ClN3O4/c1-30-21-13-16(14-25-27-23(29)17-7-3-2-4-8-17)11-12-20(21)31-15-22(28)26-19-10-6-5-9-18(19)24/h2-14H,15H2,1H3,(H,26,28)(H,27,29)/b25-14+. The molecule has 0 radical (unpaired) electrons. The molecular formula is C23H20ClN3O4. The Kier molecular flexibility index (Phi) is 7.61. The Morgan fingerprint density at radius 1 is 1.00 bits per heavy atom. The summed E-state index contributed by atoms with van der Waals surface area (Å²) in [5, 5.41) is 7.08. The van der Waals surface area contributed by atoms with E-state index in [-0.39, 0.29) is 18.4 Å². The van der Waals surface area contributed by atoms with Crippen molar-refractivity contribution in [2.45, 2.75) is 0 Å². The largest absolute Gasteiger partial charge is 0.493 e. The van der Waals surface area contributed by atoms with E-state index in [1.165, 1.54) is 13.3 Å². The first-order valence-corrected chi connectivity index (χ1v) is 9.68. The van der Waals surface area contributed by atoms with Gasteiger partial charge in [-0.15, -0.1) is 0 Å². The maximum Gasteiger partial charge on any atom is 0.271 e. The Balaban J connectivity index is 1.57. The summed E-state index contributed by atoms with van der Waals surface area (Å²) in [6.45, 7) is -0.220. The van der Waals surface area contributed by atoms with E-state index in [1.54, 1.807) is 66.7 Å². The van der Waals surface area contributed by atoms with Crippen LogP contribution in [0.15, 0.2) is 77.9 Å². The lowest BCUT2D eigenvalue weighted by atomic mass is 10.2. The van der Waals surface area contributed by atoms with Crippen molar-refractivity contribution in [1.29, 1.82) is 0 Å². The van der Waals surface area contributed by atoms with Crippen LogP contribution in [0.5, 0.6) is 11.5 Å². The number of methoxy groups -OCH3 is 1. The van der Waals surface area contributed by atoms with Crippen molar-refractivity contribution in [3.05, 3.63) is 88.9 Å². The molecule has 3 rings (SSSR count). The highest BCUT2D eigenvalue weighted by Gasteiger charge is 2.10. The van der Waals surface area contributed by atoms with E-state index >= 15 is 0 Å².